The second kappa shape index (κ2) is 3.46. The van der Waals surface area contributed by atoms with Gasteiger partial charge in [-0.15, -0.1) is 0 Å². The third kappa shape index (κ3) is 1.88. The van der Waals surface area contributed by atoms with Crippen LogP contribution >= 0.6 is 0 Å². The van der Waals surface area contributed by atoms with Gasteiger partial charge in [0, 0.05) is 11.8 Å². The molecule has 1 aromatic carbocycles. The van der Waals surface area contributed by atoms with E-state index < -0.39 is 0 Å². The van der Waals surface area contributed by atoms with Gasteiger partial charge in [-0.3, -0.25) is 4.79 Å². The Morgan fingerprint density at radius 1 is 1.47 bits per heavy atom. The molecule has 1 aliphatic rings. The molecule has 0 fully saturated rings. The molecule has 0 bridgehead atoms. The molecule has 0 aliphatic carbocycles. The Bertz CT molecular complexity index is 413. The van der Waals surface area contributed by atoms with Gasteiger partial charge in [0.05, 0.1) is 18.2 Å². The van der Waals surface area contributed by atoms with E-state index in [4.69, 9.17) is 10.5 Å². The van der Waals surface area contributed by atoms with Crippen LogP contribution in [0, 0.1) is 0 Å². The van der Waals surface area contributed by atoms with Crippen molar-refractivity contribution in [3.63, 3.8) is 0 Å². The summed E-state index contributed by atoms with van der Waals surface area (Å²) in [7, 11) is 0. The first-order chi connectivity index (χ1) is 7.06. The predicted molar refractivity (Wildman–Crippen MR) is 59.0 cm³/mol. The smallest absolute Gasteiger partial charge is 0.228 e. The normalized spacial score (nSPS) is 13.9. The van der Waals surface area contributed by atoms with Crippen molar-refractivity contribution in [3.05, 3.63) is 17.7 Å². The van der Waals surface area contributed by atoms with E-state index in [1.54, 1.807) is 12.1 Å². The number of benzene rings is 1. The van der Waals surface area contributed by atoms with E-state index in [9.17, 15) is 4.79 Å². The molecule has 4 nitrogen and oxygen atoms in total. The van der Waals surface area contributed by atoms with E-state index in [0.717, 1.165) is 11.3 Å². The molecule has 1 amide bonds. The third-order valence-electron chi connectivity index (χ3n) is 2.22. The standard InChI is InChI=1S/C11H14N2O2/c1-6(2)15-10-5-9-7(3-8(10)12)4-11(14)13-9/h3,5-6H,4,12H2,1-2H3,(H,13,14). The summed E-state index contributed by atoms with van der Waals surface area (Å²) in [5, 5.41) is 2.76. The van der Waals surface area contributed by atoms with E-state index >= 15 is 0 Å². The number of ether oxygens (including phenoxy) is 1. The maximum atomic E-state index is 11.2. The van der Waals surface area contributed by atoms with Crippen LogP contribution in [0.1, 0.15) is 19.4 Å². The second-order valence-corrected chi connectivity index (χ2v) is 3.94. The highest BCUT2D eigenvalue weighted by Crippen LogP contribution is 2.33. The first-order valence-electron chi connectivity index (χ1n) is 4.95. The van der Waals surface area contributed by atoms with Crippen molar-refractivity contribution >= 4 is 17.3 Å². The zero-order chi connectivity index (χ0) is 11.0. The minimum Gasteiger partial charge on any atom is -0.489 e. The number of hydrogen-bond acceptors (Lipinski definition) is 3. The van der Waals surface area contributed by atoms with Crippen LogP contribution in [0.5, 0.6) is 5.75 Å². The van der Waals surface area contributed by atoms with Gasteiger partial charge in [0.25, 0.3) is 0 Å². The molecular weight excluding hydrogens is 192 g/mol. The summed E-state index contributed by atoms with van der Waals surface area (Å²) in [5.41, 5.74) is 8.15. The molecule has 15 heavy (non-hydrogen) atoms. The fourth-order valence-corrected chi connectivity index (χ4v) is 1.63. The van der Waals surface area contributed by atoms with E-state index in [1.807, 2.05) is 13.8 Å². The molecule has 0 spiro atoms. The first-order valence-corrected chi connectivity index (χ1v) is 4.95. The van der Waals surface area contributed by atoms with Crippen LogP contribution < -0.4 is 15.8 Å². The molecule has 0 saturated carbocycles. The number of amides is 1. The van der Waals surface area contributed by atoms with Crippen LogP contribution in [-0.2, 0) is 11.2 Å². The fraction of sp³-hybridized carbons (Fsp3) is 0.364. The highest BCUT2D eigenvalue weighted by Gasteiger charge is 2.19. The van der Waals surface area contributed by atoms with Crippen molar-refractivity contribution in [1.82, 2.24) is 0 Å². The zero-order valence-electron chi connectivity index (χ0n) is 8.83. The molecule has 0 unspecified atom stereocenters. The van der Waals surface area contributed by atoms with E-state index in [-0.39, 0.29) is 12.0 Å². The molecule has 4 heteroatoms. The number of rotatable bonds is 2. The maximum Gasteiger partial charge on any atom is 0.228 e. The van der Waals surface area contributed by atoms with Crippen LogP contribution in [0.2, 0.25) is 0 Å². The van der Waals surface area contributed by atoms with Gasteiger partial charge >= 0.3 is 0 Å². The highest BCUT2D eigenvalue weighted by atomic mass is 16.5. The molecule has 0 aromatic heterocycles. The summed E-state index contributed by atoms with van der Waals surface area (Å²) in [6, 6.07) is 3.58. The minimum atomic E-state index is 0.00565. The van der Waals surface area contributed by atoms with E-state index in [1.165, 1.54) is 0 Å². The summed E-state index contributed by atoms with van der Waals surface area (Å²) in [5.74, 6) is 0.636. The molecule has 2 rings (SSSR count). The molecule has 80 valence electrons. The first kappa shape index (κ1) is 9.83. The Hall–Kier alpha value is -1.71. The van der Waals surface area contributed by atoms with Crippen LogP contribution in [-0.4, -0.2) is 12.0 Å². The predicted octanol–water partition coefficient (Wildman–Crippen LogP) is 1.55. The van der Waals surface area contributed by atoms with Crippen LogP contribution in [0.15, 0.2) is 12.1 Å². The van der Waals surface area contributed by atoms with Gasteiger partial charge in [-0.2, -0.15) is 0 Å². The summed E-state index contributed by atoms with van der Waals surface area (Å²) >= 11 is 0. The lowest BCUT2D eigenvalue weighted by molar-refractivity contribution is -0.115. The molecule has 0 radical (unpaired) electrons. The Morgan fingerprint density at radius 3 is 2.87 bits per heavy atom. The topological polar surface area (TPSA) is 64.3 Å². The lowest BCUT2D eigenvalue weighted by Crippen LogP contribution is -2.08. The zero-order valence-corrected chi connectivity index (χ0v) is 8.83. The van der Waals surface area contributed by atoms with Gasteiger partial charge in [0.2, 0.25) is 5.91 Å². The highest BCUT2D eigenvalue weighted by molar-refractivity contribution is 6.00. The quantitative estimate of drug-likeness (QED) is 0.721. The van der Waals surface area contributed by atoms with E-state index in [0.29, 0.717) is 17.9 Å². The summed E-state index contributed by atoms with van der Waals surface area (Å²) in [6.45, 7) is 3.87. The van der Waals surface area contributed by atoms with Crippen LogP contribution in [0.4, 0.5) is 11.4 Å². The number of anilines is 2. The second-order valence-electron chi connectivity index (χ2n) is 3.94. The Balaban J connectivity index is 2.35. The molecule has 3 N–H and O–H groups in total. The van der Waals surface area contributed by atoms with Gasteiger partial charge in [-0.05, 0) is 25.5 Å². The molecule has 0 saturated heterocycles. The maximum absolute atomic E-state index is 11.2. The molecule has 0 atom stereocenters. The van der Waals surface area contributed by atoms with Crippen molar-refractivity contribution in [2.24, 2.45) is 0 Å². The number of hydrogen-bond donors (Lipinski definition) is 2. The lowest BCUT2D eigenvalue weighted by Gasteiger charge is -2.13. The minimum absolute atomic E-state index is 0.00565. The van der Waals surface area contributed by atoms with Crippen molar-refractivity contribution in [1.29, 1.82) is 0 Å². The van der Waals surface area contributed by atoms with E-state index in [2.05, 4.69) is 5.32 Å². The number of fused-ring (bicyclic) bond motifs is 1. The average molecular weight is 206 g/mol. The summed E-state index contributed by atoms with van der Waals surface area (Å²) in [4.78, 5) is 11.2. The molecule has 1 aliphatic heterocycles. The van der Waals surface area contributed by atoms with Crippen molar-refractivity contribution < 1.29 is 9.53 Å². The summed E-state index contributed by atoms with van der Waals surface area (Å²) < 4.78 is 5.53. The largest absolute Gasteiger partial charge is 0.489 e. The van der Waals surface area contributed by atoms with Gasteiger partial charge in [-0.1, -0.05) is 0 Å². The van der Waals surface area contributed by atoms with Gasteiger partial charge in [0.15, 0.2) is 0 Å². The van der Waals surface area contributed by atoms with Crippen molar-refractivity contribution in [3.8, 4) is 5.75 Å². The Morgan fingerprint density at radius 2 is 2.20 bits per heavy atom. The average Bonchev–Trinajstić information content (AvgIpc) is 2.44. The number of nitrogens with one attached hydrogen (secondary N) is 1. The number of carbonyl (C=O) groups is 1. The number of nitrogen functional groups attached to an aromatic ring is 1. The monoisotopic (exact) mass is 206 g/mol. The lowest BCUT2D eigenvalue weighted by atomic mass is 10.1. The molecule has 1 heterocycles. The van der Waals surface area contributed by atoms with Crippen molar-refractivity contribution in [2.45, 2.75) is 26.4 Å². The number of carbonyl (C=O) groups excluding carboxylic acids is 1. The molecular formula is C11H14N2O2. The van der Waals surface area contributed by atoms with Crippen LogP contribution in [0.3, 0.4) is 0 Å². The van der Waals surface area contributed by atoms with Crippen molar-refractivity contribution in [2.75, 3.05) is 11.1 Å². The Kier molecular flexibility index (Phi) is 2.26. The Labute approximate surface area is 88.4 Å². The third-order valence-corrected chi connectivity index (χ3v) is 2.22. The van der Waals surface area contributed by atoms with Gasteiger partial charge in [0.1, 0.15) is 5.75 Å². The van der Waals surface area contributed by atoms with Gasteiger partial charge in [-0.25, -0.2) is 0 Å². The SMILES string of the molecule is CC(C)Oc1cc2c(cc1N)CC(=O)N2. The number of nitrogens with two attached hydrogens (primary N) is 1. The van der Waals surface area contributed by atoms with Gasteiger partial charge < -0.3 is 15.8 Å². The fourth-order valence-electron chi connectivity index (χ4n) is 1.63. The van der Waals surface area contributed by atoms with Crippen LogP contribution in [0.25, 0.3) is 0 Å². The molecule has 1 aromatic rings. The summed E-state index contributed by atoms with van der Waals surface area (Å²) in [6.07, 6.45) is 0.476.